The van der Waals surface area contributed by atoms with Crippen LogP contribution in [0.15, 0.2) is 374 Å². The van der Waals surface area contributed by atoms with Gasteiger partial charge in [0.05, 0.1) is 16.8 Å². The van der Waals surface area contributed by atoms with Crippen molar-refractivity contribution < 1.29 is 4.42 Å². The van der Waals surface area contributed by atoms with E-state index in [9.17, 15) is 0 Å². The van der Waals surface area contributed by atoms with Gasteiger partial charge in [-0.15, -0.1) is 11.3 Å². The molecular weight excluding hydrogens is 1250 g/mol. The molecule has 4 heterocycles. The predicted octanol–water partition coefficient (Wildman–Crippen LogP) is 24.4. The van der Waals surface area contributed by atoms with Gasteiger partial charge in [0.25, 0.3) is 6.71 Å². The third-order valence-electron chi connectivity index (χ3n) is 21.9. The van der Waals surface area contributed by atoms with E-state index >= 15 is 0 Å². The zero-order valence-electron chi connectivity index (χ0n) is 55.5. The number of para-hydroxylation sites is 3. The van der Waals surface area contributed by atoms with Gasteiger partial charge < -0.3 is 14.2 Å². The average Bonchev–Trinajstić information content (AvgIpc) is 1.08. The molecule has 0 N–H and O–H groups in total. The van der Waals surface area contributed by atoms with Gasteiger partial charge in [-0.3, -0.25) is 0 Å². The molecule has 5 heteroatoms. The van der Waals surface area contributed by atoms with Gasteiger partial charge in [0.1, 0.15) is 11.2 Å². The van der Waals surface area contributed by atoms with Crippen molar-refractivity contribution in [1.82, 2.24) is 0 Å². The smallest absolute Gasteiger partial charge is 0.252 e. The Bertz CT molecular complexity index is 5920. The van der Waals surface area contributed by atoms with E-state index in [2.05, 4.69) is 380 Å². The molecule has 474 valence electrons. The molecule has 0 amide bonds. The molecule has 3 nitrogen and oxygen atoms in total. The van der Waals surface area contributed by atoms with Crippen molar-refractivity contribution in [3.63, 3.8) is 0 Å². The highest BCUT2D eigenvalue weighted by atomic mass is 32.1. The summed E-state index contributed by atoms with van der Waals surface area (Å²) in [5.74, 6) is 0. The third-order valence-corrected chi connectivity index (χ3v) is 23.1. The lowest BCUT2D eigenvalue weighted by atomic mass is 9.33. The summed E-state index contributed by atoms with van der Waals surface area (Å²) in [7, 11) is 0. The largest absolute Gasteiger partial charge is 0.456 e. The zero-order valence-corrected chi connectivity index (χ0v) is 56.3. The first-order valence-corrected chi connectivity index (χ1v) is 36.0. The Labute approximate surface area is 596 Å². The lowest BCUT2D eigenvalue weighted by Gasteiger charge is -2.47. The number of rotatable bonds is 10. The van der Waals surface area contributed by atoms with Crippen molar-refractivity contribution in [2.75, 3.05) is 9.80 Å². The number of hydrogen-bond donors (Lipinski definition) is 0. The maximum Gasteiger partial charge on any atom is 0.252 e. The maximum atomic E-state index is 6.54. The lowest BCUT2D eigenvalue weighted by molar-refractivity contribution is 0.669. The molecule has 0 unspecified atom stereocenters. The molecule has 0 fully saturated rings. The van der Waals surface area contributed by atoms with Crippen molar-refractivity contribution in [3.8, 4) is 77.9 Å². The van der Waals surface area contributed by atoms with Gasteiger partial charge in [0, 0.05) is 75.9 Å². The van der Waals surface area contributed by atoms with E-state index in [1.165, 1.54) is 69.9 Å². The number of fused-ring (bicyclic) bond motifs is 13. The number of thiophene rings is 1. The number of benzene rings is 16. The Morgan fingerprint density at radius 3 is 1.18 bits per heavy atom. The molecule has 0 saturated carbocycles. The molecule has 1 aliphatic carbocycles. The molecule has 16 aromatic carbocycles. The van der Waals surface area contributed by atoms with Crippen LogP contribution in [0.5, 0.6) is 0 Å². The second-order valence-corrected chi connectivity index (χ2v) is 28.4. The monoisotopic (exact) mass is 1310 g/mol. The standard InChI is InChI=1S/C97H61BN2OS/c1-6-26-62(27-7-1)72-40-24-41-73(63-28-8-2-9-29-63)95(72)99-86-58-68(66-50-54-91-80(56-66)78-38-18-22-46-90(78)101-91)48-52-84(86)98-85-53-49-69(67-51-55-93-81(57-67)79-39-19-23-47-92(79)102-93)59-87(85)100(96-74(64-30-10-3-11-31-64)42-25-43-75(96)65-32-12-4-13-33-65)89-61-71(60-88(99)94(89)98)97(70-34-14-5-15-35-70)82-44-20-16-36-76(82)77-37-17-21-45-83(77)97/h1-61H. The Kier molecular flexibility index (Phi) is 13.2. The number of furan rings is 1. The van der Waals surface area contributed by atoms with Gasteiger partial charge in [-0.1, -0.05) is 309 Å². The molecule has 0 spiro atoms. The predicted molar refractivity (Wildman–Crippen MR) is 431 cm³/mol. The SMILES string of the molecule is c1ccc(-c2cccc(-c3ccccc3)c2N2c3cc(-c4ccc5oc6ccccc6c5c4)ccc3B3c4ccc(-c5ccc6sc7ccccc7c6c5)cc4N(c4c(-c5ccccc5)cccc4-c4ccccc4)c4cc(C5(c6ccccc6)c6ccccc6-c6ccccc65)cc2c43)cc1. The van der Waals surface area contributed by atoms with Gasteiger partial charge in [-0.05, 0) is 155 Å². The minimum atomic E-state index is -0.818. The normalized spacial score (nSPS) is 13.1. The maximum absolute atomic E-state index is 6.54. The molecule has 18 aromatic rings. The van der Waals surface area contributed by atoms with Gasteiger partial charge in [0.2, 0.25) is 0 Å². The van der Waals surface area contributed by atoms with E-state index in [1.807, 2.05) is 11.3 Å². The van der Waals surface area contributed by atoms with Crippen LogP contribution < -0.4 is 26.2 Å². The third kappa shape index (κ3) is 8.81. The van der Waals surface area contributed by atoms with Crippen molar-refractivity contribution in [1.29, 1.82) is 0 Å². The molecular formula is C97H61BN2OS. The van der Waals surface area contributed by atoms with Crippen LogP contribution in [0.3, 0.4) is 0 Å². The highest BCUT2D eigenvalue weighted by Crippen LogP contribution is 2.60. The number of anilines is 6. The number of hydrogen-bond acceptors (Lipinski definition) is 4. The Morgan fingerprint density at radius 1 is 0.255 bits per heavy atom. The van der Waals surface area contributed by atoms with E-state index in [-0.39, 0.29) is 6.71 Å². The van der Waals surface area contributed by atoms with Gasteiger partial charge in [-0.25, -0.2) is 0 Å². The highest BCUT2D eigenvalue weighted by molar-refractivity contribution is 7.25. The lowest BCUT2D eigenvalue weighted by Crippen LogP contribution is -2.61. The van der Waals surface area contributed by atoms with Crippen LogP contribution in [-0.4, -0.2) is 6.71 Å². The molecule has 102 heavy (non-hydrogen) atoms. The van der Waals surface area contributed by atoms with Crippen molar-refractivity contribution >= 4 is 111 Å². The van der Waals surface area contributed by atoms with E-state index < -0.39 is 5.41 Å². The van der Waals surface area contributed by atoms with Crippen LogP contribution in [0.25, 0.3) is 120 Å². The summed E-state index contributed by atoms with van der Waals surface area (Å²) in [6.07, 6.45) is 0. The first-order chi connectivity index (χ1) is 50.6. The topological polar surface area (TPSA) is 19.6 Å². The molecule has 0 saturated heterocycles. The summed E-state index contributed by atoms with van der Waals surface area (Å²) in [6, 6.07) is 139. The van der Waals surface area contributed by atoms with Crippen LogP contribution in [-0.2, 0) is 5.41 Å². The minimum Gasteiger partial charge on any atom is -0.456 e. The van der Waals surface area contributed by atoms with E-state index in [4.69, 9.17) is 4.42 Å². The van der Waals surface area contributed by atoms with Gasteiger partial charge >= 0.3 is 0 Å². The highest BCUT2D eigenvalue weighted by Gasteiger charge is 2.51. The molecule has 3 aliphatic rings. The molecule has 21 rings (SSSR count). The van der Waals surface area contributed by atoms with Crippen LogP contribution in [0, 0.1) is 0 Å². The summed E-state index contributed by atoms with van der Waals surface area (Å²) < 4.78 is 9.11. The van der Waals surface area contributed by atoms with Crippen LogP contribution >= 0.6 is 11.3 Å². The van der Waals surface area contributed by atoms with E-state index in [0.717, 1.165) is 123 Å². The second-order valence-electron chi connectivity index (χ2n) is 27.3. The Hall–Kier alpha value is -12.8. The van der Waals surface area contributed by atoms with E-state index in [0.29, 0.717) is 0 Å². The number of nitrogens with zero attached hydrogens (tertiary/aromatic N) is 2. The van der Waals surface area contributed by atoms with E-state index in [1.54, 1.807) is 0 Å². The fourth-order valence-corrected chi connectivity index (χ4v) is 18.6. The Morgan fingerprint density at radius 2 is 0.647 bits per heavy atom. The molecule has 0 atom stereocenters. The summed E-state index contributed by atoms with van der Waals surface area (Å²) in [5, 5.41) is 4.75. The Balaban J connectivity index is 0.954. The first-order valence-electron chi connectivity index (χ1n) is 35.2. The zero-order chi connectivity index (χ0) is 67.0. The fourth-order valence-electron chi connectivity index (χ4n) is 17.5. The summed E-state index contributed by atoms with van der Waals surface area (Å²) >= 11 is 1.86. The van der Waals surface area contributed by atoms with Crippen molar-refractivity contribution in [2.45, 2.75) is 5.41 Å². The average molecular weight is 1310 g/mol. The van der Waals surface area contributed by atoms with Crippen LogP contribution in [0.4, 0.5) is 34.1 Å². The van der Waals surface area contributed by atoms with Crippen LogP contribution in [0.1, 0.15) is 22.3 Å². The summed E-state index contributed by atoms with van der Waals surface area (Å²) in [5.41, 5.74) is 32.2. The second kappa shape index (κ2) is 23.2. The summed E-state index contributed by atoms with van der Waals surface area (Å²) in [4.78, 5) is 5.42. The molecule has 0 radical (unpaired) electrons. The van der Waals surface area contributed by atoms with Crippen molar-refractivity contribution in [2.24, 2.45) is 0 Å². The van der Waals surface area contributed by atoms with Gasteiger partial charge in [-0.2, -0.15) is 0 Å². The minimum absolute atomic E-state index is 0.266. The summed E-state index contributed by atoms with van der Waals surface area (Å²) in [6.45, 7) is -0.266. The van der Waals surface area contributed by atoms with Gasteiger partial charge in [0.15, 0.2) is 0 Å². The quantitative estimate of drug-likeness (QED) is 0.127. The molecule has 0 bridgehead atoms. The molecule has 2 aliphatic heterocycles. The first kappa shape index (κ1) is 58.2. The van der Waals surface area contributed by atoms with Crippen LogP contribution in [0.2, 0.25) is 0 Å². The fraction of sp³-hybridized carbons (Fsp3) is 0.0103. The molecule has 2 aromatic heterocycles. The van der Waals surface area contributed by atoms with Crippen molar-refractivity contribution in [3.05, 3.63) is 392 Å².